The van der Waals surface area contributed by atoms with Crippen molar-refractivity contribution >= 4 is 11.7 Å². The molecule has 3 rings (SSSR count). The van der Waals surface area contributed by atoms with Crippen LogP contribution in [0, 0.1) is 5.41 Å². The van der Waals surface area contributed by atoms with E-state index in [4.69, 9.17) is 9.47 Å². The number of carbonyl (C=O) groups excluding carboxylic acids is 1. The number of carbonyl (C=O) groups is 1. The average molecular weight is 336 g/mol. The Bertz CT molecular complexity index is 786. The van der Waals surface area contributed by atoms with Crippen LogP contribution in [0.4, 0.5) is 0 Å². The number of rotatable bonds is 4. The first-order valence-electron chi connectivity index (χ1n) is 8.57. The summed E-state index contributed by atoms with van der Waals surface area (Å²) in [6, 6.07) is 17.9. The fraction of sp³-hybridized carbons (Fsp3) is 0.318. The number of cyclic esters (lactones) is 1. The van der Waals surface area contributed by atoms with Gasteiger partial charge in [-0.3, -0.25) is 4.79 Å². The van der Waals surface area contributed by atoms with Crippen LogP contribution >= 0.6 is 0 Å². The molecule has 3 nitrogen and oxygen atoms in total. The zero-order chi connectivity index (χ0) is 18.0. The molecule has 130 valence electrons. The molecule has 0 fully saturated rings. The molecule has 2 aromatic rings. The van der Waals surface area contributed by atoms with E-state index in [-0.39, 0.29) is 11.9 Å². The van der Waals surface area contributed by atoms with Gasteiger partial charge in [0.25, 0.3) is 0 Å². The monoisotopic (exact) mass is 336 g/mol. The lowest BCUT2D eigenvalue weighted by Gasteiger charge is -2.34. The summed E-state index contributed by atoms with van der Waals surface area (Å²) < 4.78 is 11.1. The molecule has 0 aromatic heterocycles. The molecule has 25 heavy (non-hydrogen) atoms. The van der Waals surface area contributed by atoms with E-state index in [0.717, 1.165) is 16.9 Å². The lowest BCUT2D eigenvalue weighted by molar-refractivity contribution is -0.147. The molecule has 1 aliphatic rings. The van der Waals surface area contributed by atoms with Crippen LogP contribution in [0.3, 0.4) is 0 Å². The normalized spacial score (nSPS) is 17.8. The molecular formula is C22H24O3. The number of hydrogen-bond acceptors (Lipinski definition) is 3. The van der Waals surface area contributed by atoms with E-state index < -0.39 is 5.41 Å². The molecule has 0 radical (unpaired) electrons. The van der Waals surface area contributed by atoms with Crippen LogP contribution in [-0.4, -0.2) is 13.1 Å². The van der Waals surface area contributed by atoms with Crippen LogP contribution in [-0.2, 0) is 9.53 Å². The summed E-state index contributed by atoms with van der Waals surface area (Å²) in [5.74, 6) is 1.52. The largest absolute Gasteiger partial charge is 0.497 e. The number of allylic oxidation sites excluding steroid dienone is 1. The Morgan fingerprint density at radius 1 is 1.04 bits per heavy atom. The van der Waals surface area contributed by atoms with Gasteiger partial charge in [-0.2, -0.15) is 0 Å². The van der Waals surface area contributed by atoms with Gasteiger partial charge in [0.1, 0.15) is 11.5 Å². The van der Waals surface area contributed by atoms with Gasteiger partial charge in [0.2, 0.25) is 0 Å². The Kier molecular flexibility index (Phi) is 4.67. The predicted molar refractivity (Wildman–Crippen MR) is 99.3 cm³/mol. The summed E-state index contributed by atoms with van der Waals surface area (Å²) in [6.45, 7) is 6.05. The van der Waals surface area contributed by atoms with Gasteiger partial charge in [-0.25, -0.2) is 0 Å². The molecule has 0 bridgehead atoms. The highest BCUT2D eigenvalue weighted by Gasteiger charge is 2.39. The number of hydrogen-bond donors (Lipinski definition) is 0. The van der Waals surface area contributed by atoms with Gasteiger partial charge in [0, 0.05) is 11.5 Å². The van der Waals surface area contributed by atoms with Crippen LogP contribution in [0.1, 0.15) is 44.2 Å². The van der Waals surface area contributed by atoms with Gasteiger partial charge >= 0.3 is 5.97 Å². The van der Waals surface area contributed by atoms with Crippen LogP contribution in [0.15, 0.2) is 60.2 Å². The number of methoxy groups -OCH3 is 1. The van der Waals surface area contributed by atoms with Gasteiger partial charge in [0.15, 0.2) is 0 Å². The molecule has 1 aliphatic heterocycles. The lowest BCUT2D eigenvalue weighted by Crippen LogP contribution is -2.32. The SMILES string of the molecule is COc1ccc(C(C)C2=C(c3ccccc3)OC(=O)C(C)(C)C2)cc1. The minimum Gasteiger partial charge on any atom is -0.497 e. The lowest BCUT2D eigenvalue weighted by atomic mass is 9.77. The Morgan fingerprint density at radius 3 is 2.28 bits per heavy atom. The third-order valence-electron chi connectivity index (χ3n) is 4.85. The van der Waals surface area contributed by atoms with Crippen molar-refractivity contribution in [3.8, 4) is 5.75 Å². The van der Waals surface area contributed by atoms with Crippen molar-refractivity contribution in [2.75, 3.05) is 7.11 Å². The maximum absolute atomic E-state index is 12.4. The summed E-state index contributed by atoms with van der Waals surface area (Å²) in [4.78, 5) is 12.4. The van der Waals surface area contributed by atoms with Crippen molar-refractivity contribution in [2.45, 2.75) is 33.1 Å². The van der Waals surface area contributed by atoms with Gasteiger partial charge < -0.3 is 9.47 Å². The highest BCUT2D eigenvalue weighted by Crippen LogP contribution is 2.44. The first-order chi connectivity index (χ1) is 11.9. The van der Waals surface area contributed by atoms with Crippen molar-refractivity contribution in [2.24, 2.45) is 5.41 Å². The fourth-order valence-electron chi connectivity index (χ4n) is 3.20. The Morgan fingerprint density at radius 2 is 1.68 bits per heavy atom. The second kappa shape index (κ2) is 6.75. The van der Waals surface area contributed by atoms with Crippen LogP contribution in [0.5, 0.6) is 5.75 Å². The van der Waals surface area contributed by atoms with Gasteiger partial charge in [-0.15, -0.1) is 0 Å². The van der Waals surface area contributed by atoms with Crippen LogP contribution < -0.4 is 4.74 Å². The number of esters is 1. The molecule has 0 spiro atoms. The maximum atomic E-state index is 12.4. The summed E-state index contributed by atoms with van der Waals surface area (Å²) in [6.07, 6.45) is 0.684. The Balaban J connectivity index is 2.06. The Hall–Kier alpha value is -2.55. The van der Waals surface area contributed by atoms with Gasteiger partial charge in [-0.1, -0.05) is 49.4 Å². The van der Waals surface area contributed by atoms with Crippen molar-refractivity contribution in [3.05, 3.63) is 71.3 Å². The number of ether oxygens (including phenoxy) is 2. The summed E-state index contributed by atoms with van der Waals surface area (Å²) in [5.41, 5.74) is 2.76. The molecule has 2 aromatic carbocycles. The molecule has 0 saturated heterocycles. The molecule has 3 heteroatoms. The third kappa shape index (κ3) is 3.46. The summed E-state index contributed by atoms with van der Waals surface area (Å²) >= 11 is 0. The summed E-state index contributed by atoms with van der Waals surface area (Å²) in [5, 5.41) is 0. The van der Waals surface area contributed by atoms with E-state index in [9.17, 15) is 4.79 Å². The van der Waals surface area contributed by atoms with Gasteiger partial charge in [-0.05, 0) is 43.5 Å². The van der Waals surface area contributed by atoms with Crippen molar-refractivity contribution in [3.63, 3.8) is 0 Å². The standard InChI is InChI=1S/C22H24O3/c1-15(16-10-12-18(24-4)13-11-16)19-14-22(2,3)21(23)25-20(19)17-8-6-5-7-9-17/h5-13,15H,14H2,1-4H3. The second-order valence-electron chi connectivity index (χ2n) is 7.17. The quantitative estimate of drug-likeness (QED) is 0.721. The van der Waals surface area contributed by atoms with Crippen molar-refractivity contribution < 1.29 is 14.3 Å². The molecule has 1 atom stereocenters. The molecular weight excluding hydrogens is 312 g/mol. The smallest absolute Gasteiger partial charge is 0.317 e. The minimum absolute atomic E-state index is 0.147. The molecule has 0 aliphatic carbocycles. The van der Waals surface area contributed by atoms with Crippen LogP contribution in [0.25, 0.3) is 5.76 Å². The first kappa shape index (κ1) is 17.3. The maximum Gasteiger partial charge on any atom is 0.317 e. The van der Waals surface area contributed by atoms with E-state index >= 15 is 0 Å². The Labute approximate surface area is 149 Å². The van der Waals surface area contributed by atoms with Crippen molar-refractivity contribution in [1.29, 1.82) is 0 Å². The highest BCUT2D eigenvalue weighted by atomic mass is 16.5. The zero-order valence-electron chi connectivity index (χ0n) is 15.2. The average Bonchev–Trinajstić information content (AvgIpc) is 2.64. The topological polar surface area (TPSA) is 35.5 Å². The van der Waals surface area contributed by atoms with E-state index in [0.29, 0.717) is 12.2 Å². The predicted octanol–water partition coefficient (Wildman–Crippen LogP) is 5.18. The van der Waals surface area contributed by atoms with E-state index in [1.807, 2.05) is 56.3 Å². The molecule has 1 heterocycles. The van der Waals surface area contributed by atoms with E-state index in [1.54, 1.807) is 7.11 Å². The zero-order valence-corrected chi connectivity index (χ0v) is 15.2. The summed E-state index contributed by atoms with van der Waals surface area (Å²) in [7, 11) is 1.66. The molecule has 1 unspecified atom stereocenters. The number of benzene rings is 2. The van der Waals surface area contributed by atoms with E-state index in [2.05, 4.69) is 19.1 Å². The molecule has 0 amide bonds. The highest BCUT2D eigenvalue weighted by molar-refractivity contribution is 5.86. The molecule has 0 saturated carbocycles. The van der Waals surface area contributed by atoms with E-state index in [1.165, 1.54) is 5.56 Å². The molecule has 0 N–H and O–H groups in total. The van der Waals surface area contributed by atoms with Crippen molar-refractivity contribution in [1.82, 2.24) is 0 Å². The first-order valence-corrected chi connectivity index (χ1v) is 8.57. The fourth-order valence-corrected chi connectivity index (χ4v) is 3.20. The minimum atomic E-state index is -0.519. The third-order valence-corrected chi connectivity index (χ3v) is 4.85. The van der Waals surface area contributed by atoms with Gasteiger partial charge in [0.05, 0.1) is 12.5 Å². The second-order valence-corrected chi connectivity index (χ2v) is 7.17. The van der Waals surface area contributed by atoms with Crippen LogP contribution in [0.2, 0.25) is 0 Å².